The minimum Gasteiger partial charge on any atom is -0.352 e. The zero-order chi connectivity index (χ0) is 18.2. The van der Waals surface area contributed by atoms with E-state index in [1.54, 1.807) is 24.5 Å². The van der Waals surface area contributed by atoms with Gasteiger partial charge in [0.05, 0.1) is 5.69 Å². The lowest BCUT2D eigenvalue weighted by atomic mass is 10.2. The molecule has 0 saturated carbocycles. The van der Waals surface area contributed by atoms with Crippen LogP contribution in [-0.2, 0) is 17.8 Å². The number of hydrogen-bond donors (Lipinski definition) is 2. The molecule has 0 aliphatic carbocycles. The number of anilines is 1. The van der Waals surface area contributed by atoms with Crippen molar-refractivity contribution in [3.8, 4) is 0 Å². The van der Waals surface area contributed by atoms with Crippen molar-refractivity contribution in [1.29, 1.82) is 0 Å². The van der Waals surface area contributed by atoms with E-state index < -0.39 is 0 Å². The first kappa shape index (κ1) is 17.8. The standard InChI is InChI=1S/C19H18N4O2S/c24-17(21-12-14-8-10-20-11-9-14)7-6-16-13-26-19(22-16)23-18(25)15-4-2-1-3-5-15/h1-5,8-11,13H,6-7,12H2,(H,21,24)(H,22,23,25). The lowest BCUT2D eigenvalue weighted by Crippen LogP contribution is -2.23. The monoisotopic (exact) mass is 366 g/mol. The Morgan fingerprint density at radius 1 is 1.04 bits per heavy atom. The number of rotatable bonds is 7. The number of amides is 2. The van der Waals surface area contributed by atoms with Gasteiger partial charge >= 0.3 is 0 Å². The van der Waals surface area contributed by atoms with Crippen LogP contribution in [0.25, 0.3) is 0 Å². The van der Waals surface area contributed by atoms with Crippen LogP contribution in [0.2, 0.25) is 0 Å². The molecular weight excluding hydrogens is 348 g/mol. The van der Waals surface area contributed by atoms with Crippen LogP contribution in [0.5, 0.6) is 0 Å². The summed E-state index contributed by atoms with van der Waals surface area (Å²) < 4.78 is 0. The van der Waals surface area contributed by atoms with Gasteiger partial charge in [0.2, 0.25) is 5.91 Å². The van der Waals surface area contributed by atoms with Gasteiger partial charge in [-0.05, 0) is 36.2 Å². The van der Waals surface area contributed by atoms with Crippen LogP contribution in [0, 0.1) is 0 Å². The van der Waals surface area contributed by atoms with E-state index in [9.17, 15) is 9.59 Å². The summed E-state index contributed by atoms with van der Waals surface area (Å²) in [7, 11) is 0. The summed E-state index contributed by atoms with van der Waals surface area (Å²) in [6.07, 6.45) is 4.27. The predicted octanol–water partition coefficient (Wildman–Crippen LogP) is 3.04. The van der Waals surface area contributed by atoms with Crippen LogP contribution in [0.3, 0.4) is 0 Å². The number of thiazole rings is 1. The second kappa shape index (κ2) is 8.87. The molecule has 0 bridgehead atoms. The second-order valence-corrected chi connectivity index (χ2v) is 6.45. The van der Waals surface area contributed by atoms with Crippen LogP contribution < -0.4 is 10.6 Å². The summed E-state index contributed by atoms with van der Waals surface area (Å²) in [4.78, 5) is 32.3. The topological polar surface area (TPSA) is 84.0 Å². The fourth-order valence-electron chi connectivity index (χ4n) is 2.27. The van der Waals surface area contributed by atoms with Crippen LogP contribution in [-0.4, -0.2) is 21.8 Å². The van der Waals surface area contributed by atoms with E-state index in [1.807, 2.05) is 35.7 Å². The number of benzene rings is 1. The Labute approximate surface area is 155 Å². The largest absolute Gasteiger partial charge is 0.352 e. The summed E-state index contributed by atoms with van der Waals surface area (Å²) in [6.45, 7) is 0.483. The highest BCUT2D eigenvalue weighted by molar-refractivity contribution is 7.14. The van der Waals surface area contributed by atoms with Gasteiger partial charge < -0.3 is 5.32 Å². The van der Waals surface area contributed by atoms with E-state index in [0.717, 1.165) is 11.3 Å². The first-order valence-electron chi connectivity index (χ1n) is 8.17. The molecule has 0 aliphatic heterocycles. The van der Waals surface area contributed by atoms with Gasteiger partial charge in [-0.3, -0.25) is 19.9 Å². The SMILES string of the molecule is O=C(CCc1csc(NC(=O)c2ccccc2)n1)NCc1ccncc1. The number of aryl methyl sites for hydroxylation is 1. The van der Waals surface area contributed by atoms with Gasteiger partial charge in [-0.15, -0.1) is 11.3 Å². The summed E-state index contributed by atoms with van der Waals surface area (Å²) in [5.41, 5.74) is 2.38. The van der Waals surface area contributed by atoms with Gasteiger partial charge in [0.15, 0.2) is 5.13 Å². The van der Waals surface area contributed by atoms with Gasteiger partial charge in [-0.1, -0.05) is 18.2 Å². The summed E-state index contributed by atoms with van der Waals surface area (Å²) in [5, 5.41) is 8.04. The van der Waals surface area contributed by atoms with Gasteiger partial charge in [0.25, 0.3) is 5.91 Å². The van der Waals surface area contributed by atoms with Gasteiger partial charge in [0.1, 0.15) is 0 Å². The van der Waals surface area contributed by atoms with E-state index in [1.165, 1.54) is 11.3 Å². The first-order valence-corrected chi connectivity index (χ1v) is 9.05. The molecule has 2 heterocycles. The Kier molecular flexibility index (Phi) is 6.05. The van der Waals surface area contributed by atoms with Crippen molar-refractivity contribution < 1.29 is 9.59 Å². The number of nitrogens with zero attached hydrogens (tertiary/aromatic N) is 2. The molecule has 0 radical (unpaired) electrons. The molecule has 3 aromatic rings. The van der Waals surface area contributed by atoms with E-state index in [0.29, 0.717) is 30.1 Å². The normalized spacial score (nSPS) is 10.3. The Morgan fingerprint density at radius 2 is 1.81 bits per heavy atom. The molecule has 0 unspecified atom stereocenters. The fraction of sp³-hybridized carbons (Fsp3) is 0.158. The summed E-state index contributed by atoms with van der Waals surface area (Å²) >= 11 is 1.35. The molecule has 2 N–H and O–H groups in total. The number of hydrogen-bond acceptors (Lipinski definition) is 5. The molecule has 0 aliphatic rings. The van der Waals surface area contributed by atoms with Crippen molar-refractivity contribution >= 4 is 28.3 Å². The number of carbonyl (C=O) groups excluding carboxylic acids is 2. The zero-order valence-electron chi connectivity index (χ0n) is 14.0. The molecule has 26 heavy (non-hydrogen) atoms. The van der Waals surface area contributed by atoms with Gasteiger partial charge in [-0.2, -0.15) is 0 Å². The van der Waals surface area contributed by atoms with E-state index >= 15 is 0 Å². The van der Waals surface area contributed by atoms with Gasteiger partial charge in [0, 0.05) is 36.3 Å². The summed E-state index contributed by atoms with van der Waals surface area (Å²) in [5.74, 6) is -0.230. The molecule has 0 atom stereocenters. The summed E-state index contributed by atoms with van der Waals surface area (Å²) in [6, 6.07) is 12.7. The van der Waals surface area contributed by atoms with Crippen molar-refractivity contribution in [2.75, 3.05) is 5.32 Å². The van der Waals surface area contributed by atoms with Crippen molar-refractivity contribution in [2.45, 2.75) is 19.4 Å². The molecule has 7 heteroatoms. The number of aromatic nitrogens is 2. The Bertz CT molecular complexity index is 866. The Hall–Kier alpha value is -3.06. The lowest BCUT2D eigenvalue weighted by molar-refractivity contribution is -0.121. The third-order valence-electron chi connectivity index (χ3n) is 3.66. The highest BCUT2D eigenvalue weighted by atomic mass is 32.1. The lowest BCUT2D eigenvalue weighted by Gasteiger charge is -2.04. The zero-order valence-corrected chi connectivity index (χ0v) is 14.8. The quantitative estimate of drug-likeness (QED) is 0.673. The highest BCUT2D eigenvalue weighted by Crippen LogP contribution is 2.17. The number of carbonyl (C=O) groups is 2. The van der Waals surface area contributed by atoms with Crippen LogP contribution >= 0.6 is 11.3 Å². The predicted molar refractivity (Wildman–Crippen MR) is 101 cm³/mol. The minimum absolute atomic E-state index is 0.0373. The minimum atomic E-state index is -0.193. The van der Waals surface area contributed by atoms with Crippen molar-refractivity contribution in [3.63, 3.8) is 0 Å². The molecule has 6 nitrogen and oxygen atoms in total. The van der Waals surface area contributed by atoms with Crippen molar-refractivity contribution in [2.24, 2.45) is 0 Å². The van der Waals surface area contributed by atoms with Crippen LogP contribution in [0.4, 0.5) is 5.13 Å². The highest BCUT2D eigenvalue weighted by Gasteiger charge is 2.10. The molecule has 0 saturated heterocycles. The van der Waals surface area contributed by atoms with Crippen molar-refractivity contribution in [1.82, 2.24) is 15.3 Å². The maximum atomic E-state index is 12.1. The van der Waals surface area contributed by atoms with Gasteiger partial charge in [-0.25, -0.2) is 4.98 Å². The molecule has 0 fully saturated rings. The second-order valence-electron chi connectivity index (χ2n) is 5.60. The van der Waals surface area contributed by atoms with E-state index in [2.05, 4.69) is 20.6 Å². The van der Waals surface area contributed by atoms with Crippen LogP contribution in [0.1, 0.15) is 28.0 Å². The average molecular weight is 366 g/mol. The average Bonchev–Trinajstić information content (AvgIpc) is 3.13. The molecule has 2 aromatic heterocycles. The van der Waals surface area contributed by atoms with E-state index in [-0.39, 0.29) is 11.8 Å². The smallest absolute Gasteiger partial charge is 0.257 e. The first-order chi connectivity index (χ1) is 12.7. The Balaban J connectivity index is 1.45. The molecular formula is C19H18N4O2S. The van der Waals surface area contributed by atoms with E-state index in [4.69, 9.17) is 0 Å². The molecule has 1 aromatic carbocycles. The molecule has 132 valence electrons. The maximum absolute atomic E-state index is 12.1. The number of nitrogens with one attached hydrogen (secondary N) is 2. The third-order valence-corrected chi connectivity index (χ3v) is 4.46. The molecule has 0 spiro atoms. The maximum Gasteiger partial charge on any atom is 0.257 e. The van der Waals surface area contributed by atoms with Crippen molar-refractivity contribution in [3.05, 3.63) is 77.1 Å². The molecule has 3 rings (SSSR count). The Morgan fingerprint density at radius 3 is 2.58 bits per heavy atom. The third kappa shape index (κ3) is 5.22. The van der Waals surface area contributed by atoms with Crippen LogP contribution in [0.15, 0.2) is 60.2 Å². The fourth-order valence-corrected chi connectivity index (χ4v) is 3.01. The molecule has 2 amide bonds. The number of pyridine rings is 1.